The van der Waals surface area contributed by atoms with E-state index in [1.165, 1.54) is 0 Å². The van der Waals surface area contributed by atoms with Crippen molar-refractivity contribution in [1.29, 1.82) is 0 Å². The Hall–Kier alpha value is -0.150. The molecule has 1 aliphatic rings. The number of methoxy groups -OCH3 is 1. The number of halogens is 1. The van der Waals surface area contributed by atoms with Crippen LogP contribution < -0.4 is 0 Å². The normalized spacial score (nSPS) is 31.6. The first kappa shape index (κ1) is 10.9. The van der Waals surface area contributed by atoms with Crippen molar-refractivity contribution in [2.45, 2.75) is 51.0 Å². The Bertz CT molecular complexity index is 133. The fourth-order valence-electron chi connectivity index (χ4n) is 1.53. The molecule has 0 amide bonds. The maximum atomic E-state index is 12.7. The quantitative estimate of drug-likeness (QED) is 0.677. The summed E-state index contributed by atoms with van der Waals surface area (Å²) in [7, 11) is 1.67. The zero-order valence-corrected chi connectivity index (χ0v) is 8.46. The van der Waals surface area contributed by atoms with E-state index >= 15 is 0 Å². The van der Waals surface area contributed by atoms with Gasteiger partial charge in [-0.3, -0.25) is 0 Å². The second-order valence-corrected chi connectivity index (χ2v) is 3.75. The summed E-state index contributed by atoms with van der Waals surface area (Å²) in [5.74, 6) is 0. The third-order valence-electron chi connectivity index (χ3n) is 2.57. The predicted molar refractivity (Wildman–Crippen MR) is 49.6 cm³/mol. The molecule has 2 nitrogen and oxygen atoms in total. The third-order valence-corrected chi connectivity index (χ3v) is 2.57. The van der Waals surface area contributed by atoms with Gasteiger partial charge in [0.2, 0.25) is 0 Å². The zero-order valence-electron chi connectivity index (χ0n) is 8.46. The molecule has 0 aromatic heterocycles. The molecule has 1 saturated carbocycles. The predicted octanol–water partition coefficient (Wildman–Crippen LogP) is 2.32. The van der Waals surface area contributed by atoms with E-state index in [0.717, 1.165) is 12.8 Å². The fourth-order valence-corrected chi connectivity index (χ4v) is 1.53. The molecule has 13 heavy (non-hydrogen) atoms. The molecule has 0 radical (unpaired) electrons. The van der Waals surface area contributed by atoms with Crippen molar-refractivity contribution < 1.29 is 13.9 Å². The highest BCUT2D eigenvalue weighted by Crippen LogP contribution is 2.23. The highest BCUT2D eigenvalue weighted by Gasteiger charge is 2.21. The minimum atomic E-state index is -0.598. The van der Waals surface area contributed by atoms with Gasteiger partial charge >= 0.3 is 0 Å². The topological polar surface area (TPSA) is 18.5 Å². The first-order chi connectivity index (χ1) is 6.22. The summed E-state index contributed by atoms with van der Waals surface area (Å²) < 4.78 is 23.4. The lowest BCUT2D eigenvalue weighted by molar-refractivity contribution is -0.0389. The fraction of sp³-hybridized carbons (Fsp3) is 1.00. The number of alkyl halides is 1. The first-order valence-electron chi connectivity index (χ1n) is 5.01. The average molecular weight is 190 g/mol. The van der Waals surface area contributed by atoms with Gasteiger partial charge in [0.15, 0.2) is 0 Å². The van der Waals surface area contributed by atoms with Crippen LogP contribution in [0.2, 0.25) is 0 Å². The Labute approximate surface area is 79.4 Å². The van der Waals surface area contributed by atoms with Gasteiger partial charge in [0.1, 0.15) is 6.17 Å². The molecular weight excluding hydrogens is 171 g/mol. The summed E-state index contributed by atoms with van der Waals surface area (Å²) in [6.45, 7) is 2.60. The highest BCUT2D eigenvalue weighted by molar-refractivity contribution is 4.72. The molecule has 0 saturated heterocycles. The van der Waals surface area contributed by atoms with Crippen LogP contribution >= 0.6 is 0 Å². The zero-order chi connectivity index (χ0) is 9.68. The van der Waals surface area contributed by atoms with Gasteiger partial charge in [-0.05, 0) is 32.6 Å². The van der Waals surface area contributed by atoms with Crippen molar-refractivity contribution in [1.82, 2.24) is 0 Å². The van der Waals surface area contributed by atoms with Gasteiger partial charge in [0, 0.05) is 7.11 Å². The van der Waals surface area contributed by atoms with E-state index in [-0.39, 0.29) is 12.2 Å². The van der Waals surface area contributed by atoms with Crippen LogP contribution in [0.4, 0.5) is 4.39 Å². The maximum absolute atomic E-state index is 12.7. The summed E-state index contributed by atoms with van der Waals surface area (Å²) in [5, 5.41) is 0. The molecule has 0 bridgehead atoms. The largest absolute Gasteiger partial charge is 0.379 e. The van der Waals surface area contributed by atoms with Gasteiger partial charge < -0.3 is 9.47 Å². The average Bonchev–Trinajstić information content (AvgIpc) is 2.16. The molecule has 3 heteroatoms. The van der Waals surface area contributed by atoms with Crippen LogP contribution in [0.5, 0.6) is 0 Å². The van der Waals surface area contributed by atoms with Crippen molar-refractivity contribution in [2.75, 3.05) is 13.7 Å². The van der Waals surface area contributed by atoms with Gasteiger partial charge in [-0.1, -0.05) is 0 Å². The van der Waals surface area contributed by atoms with Gasteiger partial charge in [-0.2, -0.15) is 0 Å². The molecule has 1 rings (SSSR count). The van der Waals surface area contributed by atoms with Gasteiger partial charge in [-0.25, -0.2) is 4.39 Å². The third kappa shape index (κ3) is 4.05. The molecule has 0 aliphatic heterocycles. The van der Waals surface area contributed by atoms with E-state index < -0.39 is 6.17 Å². The van der Waals surface area contributed by atoms with E-state index in [0.29, 0.717) is 19.4 Å². The van der Waals surface area contributed by atoms with E-state index in [2.05, 4.69) is 0 Å². The Morgan fingerprint density at radius 1 is 1.31 bits per heavy atom. The van der Waals surface area contributed by atoms with Gasteiger partial charge in [0.05, 0.1) is 18.8 Å². The van der Waals surface area contributed by atoms with E-state index in [4.69, 9.17) is 9.47 Å². The van der Waals surface area contributed by atoms with Crippen LogP contribution in [0.25, 0.3) is 0 Å². The summed E-state index contributed by atoms with van der Waals surface area (Å²) >= 11 is 0. The molecule has 0 aromatic rings. The van der Waals surface area contributed by atoms with Crippen LogP contribution in [-0.4, -0.2) is 32.1 Å². The lowest BCUT2D eigenvalue weighted by Gasteiger charge is -2.25. The van der Waals surface area contributed by atoms with Crippen LogP contribution in [0.3, 0.4) is 0 Å². The van der Waals surface area contributed by atoms with E-state index in [1.54, 1.807) is 7.11 Å². The van der Waals surface area contributed by atoms with Crippen molar-refractivity contribution in [3.8, 4) is 0 Å². The van der Waals surface area contributed by atoms with E-state index in [9.17, 15) is 4.39 Å². The van der Waals surface area contributed by atoms with Crippen molar-refractivity contribution in [3.63, 3.8) is 0 Å². The molecule has 0 N–H and O–H groups in total. The highest BCUT2D eigenvalue weighted by atomic mass is 19.1. The molecule has 0 heterocycles. The molecule has 1 aliphatic carbocycles. The molecular formula is C10H19FO2. The molecule has 0 aromatic carbocycles. The smallest absolute Gasteiger partial charge is 0.100 e. The van der Waals surface area contributed by atoms with Gasteiger partial charge in [0.25, 0.3) is 0 Å². The number of rotatable bonds is 4. The molecule has 1 fully saturated rings. The number of hydrogen-bond acceptors (Lipinski definition) is 2. The van der Waals surface area contributed by atoms with Crippen LogP contribution in [0.15, 0.2) is 0 Å². The van der Waals surface area contributed by atoms with Crippen molar-refractivity contribution in [3.05, 3.63) is 0 Å². The maximum Gasteiger partial charge on any atom is 0.100 e. The first-order valence-corrected chi connectivity index (χ1v) is 5.01. The molecule has 0 spiro atoms. The molecule has 1 unspecified atom stereocenters. The summed E-state index contributed by atoms with van der Waals surface area (Å²) in [6, 6.07) is 0. The minimum Gasteiger partial charge on any atom is -0.379 e. The Balaban J connectivity index is 2.08. The monoisotopic (exact) mass is 190 g/mol. The lowest BCUT2D eigenvalue weighted by Crippen LogP contribution is -2.26. The summed E-state index contributed by atoms with van der Waals surface area (Å²) in [6.07, 6.45) is 2.83. The summed E-state index contributed by atoms with van der Waals surface area (Å²) in [4.78, 5) is 0. The second-order valence-electron chi connectivity index (χ2n) is 3.75. The molecule has 78 valence electrons. The number of ether oxygens (including phenoxy) is 2. The minimum absolute atomic E-state index is 0.142. The van der Waals surface area contributed by atoms with Crippen LogP contribution in [0, 0.1) is 0 Å². The van der Waals surface area contributed by atoms with Gasteiger partial charge in [-0.15, -0.1) is 0 Å². The Kier molecular flexibility index (Phi) is 4.67. The van der Waals surface area contributed by atoms with E-state index in [1.807, 2.05) is 6.92 Å². The number of hydrogen-bond donors (Lipinski definition) is 0. The lowest BCUT2D eigenvalue weighted by atomic mass is 9.96. The second kappa shape index (κ2) is 5.55. The summed E-state index contributed by atoms with van der Waals surface area (Å²) in [5.41, 5.74) is 0. The molecule has 1 atom stereocenters. The SMILES string of the molecule is COC(C)COC1CCC(F)CC1. The van der Waals surface area contributed by atoms with Crippen LogP contribution in [-0.2, 0) is 9.47 Å². The van der Waals surface area contributed by atoms with Crippen molar-refractivity contribution in [2.24, 2.45) is 0 Å². The van der Waals surface area contributed by atoms with Crippen LogP contribution in [0.1, 0.15) is 32.6 Å². The Morgan fingerprint density at radius 3 is 2.46 bits per heavy atom. The Morgan fingerprint density at radius 2 is 1.92 bits per heavy atom. The standard InChI is InChI=1S/C10H19FO2/c1-8(12-2)7-13-10-5-3-9(11)4-6-10/h8-10H,3-7H2,1-2H3. The van der Waals surface area contributed by atoms with Crippen molar-refractivity contribution >= 4 is 0 Å².